The molecule has 2 aliphatic heterocycles. The summed E-state index contributed by atoms with van der Waals surface area (Å²) in [5.41, 5.74) is 3.71. The van der Waals surface area contributed by atoms with Gasteiger partial charge < -0.3 is 20.2 Å². The van der Waals surface area contributed by atoms with Crippen LogP contribution in [0.25, 0.3) is 0 Å². The first-order chi connectivity index (χ1) is 24.0. The van der Waals surface area contributed by atoms with Crippen LogP contribution < -0.4 is 10.2 Å². The predicted octanol–water partition coefficient (Wildman–Crippen LogP) is 7.32. The third-order valence-electron chi connectivity index (χ3n) is 16.9. The van der Waals surface area contributed by atoms with Gasteiger partial charge in [0.15, 0.2) is 9.84 Å². The van der Waals surface area contributed by atoms with Crippen molar-refractivity contribution in [3.8, 4) is 0 Å². The average molecular weight is 723 g/mol. The van der Waals surface area contributed by atoms with Gasteiger partial charge in [0.25, 0.3) is 0 Å². The Balaban J connectivity index is 1.08. The first-order valence-electron chi connectivity index (χ1n) is 20.2. The predicted molar refractivity (Wildman–Crippen MR) is 206 cm³/mol. The zero-order valence-electron chi connectivity index (χ0n) is 32.5. The number of carboxylic acid groups (broad SMARTS) is 1. The summed E-state index contributed by atoms with van der Waals surface area (Å²) in [6, 6.07) is 3.62. The summed E-state index contributed by atoms with van der Waals surface area (Å²) in [5.74, 6) is 2.93. The molecule has 6 aliphatic rings. The minimum atomic E-state index is -2.83. The second-order valence-corrected chi connectivity index (χ2v) is 21.6. The van der Waals surface area contributed by atoms with Crippen molar-refractivity contribution in [2.24, 2.45) is 51.2 Å². The second kappa shape index (κ2) is 13.1. The molecule has 3 heterocycles. The number of fused-ring (bicyclic) bond motifs is 7. The number of pyridine rings is 1. The normalized spacial score (nSPS) is 41.5. The Kier molecular flexibility index (Phi) is 9.60. The number of nitrogens with one attached hydrogen (secondary N) is 1. The lowest BCUT2D eigenvalue weighted by molar-refractivity contribution is -0.227. The van der Waals surface area contributed by atoms with Crippen LogP contribution in [0.5, 0.6) is 0 Å². The number of piperidine rings is 1. The van der Waals surface area contributed by atoms with Crippen molar-refractivity contribution in [3.63, 3.8) is 0 Å². The fourth-order valence-corrected chi connectivity index (χ4v) is 15.4. The van der Waals surface area contributed by atoms with Crippen molar-refractivity contribution in [1.29, 1.82) is 0 Å². The molecule has 2 N–H and O–H groups in total. The van der Waals surface area contributed by atoms with Crippen LogP contribution in [0.3, 0.4) is 0 Å². The molecule has 0 radical (unpaired) electrons. The van der Waals surface area contributed by atoms with E-state index in [0.29, 0.717) is 64.5 Å². The van der Waals surface area contributed by atoms with Crippen LogP contribution in [-0.4, -0.2) is 85.7 Å². The molecule has 2 saturated heterocycles. The Morgan fingerprint density at radius 3 is 2.35 bits per heavy atom. The molecule has 8 nitrogen and oxygen atoms in total. The van der Waals surface area contributed by atoms with Crippen LogP contribution in [-0.2, 0) is 9.84 Å². The minimum Gasteiger partial charge on any atom is -0.477 e. The number of nitrogens with zero attached hydrogens (tertiary/aromatic N) is 3. The molecule has 9 heteroatoms. The van der Waals surface area contributed by atoms with E-state index in [4.69, 9.17) is 0 Å². The summed E-state index contributed by atoms with van der Waals surface area (Å²) in [6.07, 6.45) is 14.4. The highest BCUT2D eigenvalue weighted by atomic mass is 32.2. The fourth-order valence-electron chi connectivity index (χ4n) is 14.2. The molecule has 1 aromatic heterocycles. The van der Waals surface area contributed by atoms with E-state index in [1.165, 1.54) is 63.4 Å². The number of carboxylic acids is 1. The Bertz CT molecular complexity index is 1600. The molecule has 4 saturated carbocycles. The zero-order valence-corrected chi connectivity index (χ0v) is 33.3. The zero-order chi connectivity index (χ0) is 36.6. The van der Waals surface area contributed by atoms with E-state index in [0.717, 1.165) is 44.2 Å². The number of aromatic nitrogens is 1. The van der Waals surface area contributed by atoms with Gasteiger partial charge in [0, 0.05) is 31.7 Å². The molecule has 4 aliphatic carbocycles. The number of carbonyl (C=O) groups is 1. The first-order valence-corrected chi connectivity index (χ1v) is 22.1. The Morgan fingerprint density at radius 2 is 1.69 bits per heavy atom. The van der Waals surface area contributed by atoms with Crippen molar-refractivity contribution in [1.82, 2.24) is 15.2 Å². The van der Waals surface area contributed by atoms with Crippen molar-refractivity contribution < 1.29 is 18.3 Å². The van der Waals surface area contributed by atoms with Gasteiger partial charge in [-0.25, -0.2) is 18.2 Å². The maximum atomic E-state index is 11.9. The first kappa shape index (κ1) is 37.3. The summed E-state index contributed by atoms with van der Waals surface area (Å²) in [4.78, 5) is 20.7. The van der Waals surface area contributed by atoms with Crippen molar-refractivity contribution in [2.75, 3.05) is 55.7 Å². The van der Waals surface area contributed by atoms with Gasteiger partial charge in [-0.2, -0.15) is 0 Å². The van der Waals surface area contributed by atoms with Gasteiger partial charge in [-0.1, -0.05) is 32.9 Å². The van der Waals surface area contributed by atoms with Gasteiger partial charge in [-0.3, -0.25) is 0 Å². The van der Waals surface area contributed by atoms with E-state index in [-0.39, 0.29) is 16.6 Å². The van der Waals surface area contributed by atoms with Gasteiger partial charge in [0.2, 0.25) is 0 Å². The molecule has 7 rings (SSSR count). The number of hydrogen-bond donors (Lipinski definition) is 2. The van der Waals surface area contributed by atoms with Gasteiger partial charge in [-0.15, -0.1) is 0 Å². The molecule has 284 valence electrons. The smallest absolute Gasteiger partial charge is 0.354 e. The molecule has 0 unspecified atom stereocenters. The molecule has 0 spiro atoms. The number of hydrogen-bond acceptors (Lipinski definition) is 7. The maximum Gasteiger partial charge on any atom is 0.354 e. The van der Waals surface area contributed by atoms with Crippen LogP contribution in [0, 0.1) is 51.2 Å². The second-order valence-electron chi connectivity index (χ2n) is 19.3. The maximum absolute atomic E-state index is 11.9. The summed E-state index contributed by atoms with van der Waals surface area (Å²) >= 11 is 0. The van der Waals surface area contributed by atoms with Gasteiger partial charge in [0.05, 0.1) is 23.4 Å². The summed E-state index contributed by atoms with van der Waals surface area (Å²) in [5, 5.41) is 13.4. The molecule has 0 aromatic carbocycles. The molecule has 6 fully saturated rings. The van der Waals surface area contributed by atoms with E-state index >= 15 is 0 Å². The van der Waals surface area contributed by atoms with Gasteiger partial charge >= 0.3 is 5.97 Å². The number of rotatable bonds is 9. The van der Waals surface area contributed by atoms with Gasteiger partial charge in [-0.05, 0) is 161 Å². The number of aromatic carboxylic acids is 1. The van der Waals surface area contributed by atoms with Crippen LogP contribution >= 0.6 is 0 Å². The highest BCUT2D eigenvalue weighted by Gasteiger charge is 2.70. The third-order valence-corrected chi connectivity index (χ3v) is 18.6. The van der Waals surface area contributed by atoms with Crippen molar-refractivity contribution in [2.45, 2.75) is 111 Å². The molecular formula is C42H66N4O4S. The lowest BCUT2D eigenvalue weighted by Gasteiger charge is -2.73. The molecule has 51 heavy (non-hydrogen) atoms. The fraction of sp³-hybridized carbons (Fsp3) is 0.810. The summed E-state index contributed by atoms with van der Waals surface area (Å²) in [6.45, 7) is 25.3. The quantitative estimate of drug-likeness (QED) is 0.202. The van der Waals surface area contributed by atoms with Crippen LogP contribution in [0.1, 0.15) is 116 Å². The standard InChI is InChI=1S/C42H66N4O4S/c1-29(2)31-13-16-42(28-43-20-8-21-45-23-25-51(49,50)26-24-45)18-17-40(6)32(36(31)42)10-12-35-39(5)19-22-46(30-9-11-33(37(47)48)44-27-30)38(3,4)34(39)14-15-41(35,40)7/h9,11,27,31-32,34-36,43H,1,8,10,12-26,28H2,2-7H3,(H,47,48)/t31-,32+,34-,35+,36+,39-,40+,41+,42+/m0/s1. The Morgan fingerprint density at radius 1 is 0.941 bits per heavy atom. The topological polar surface area (TPSA) is 103 Å². The van der Waals surface area contributed by atoms with Crippen LogP contribution in [0.2, 0.25) is 0 Å². The average Bonchev–Trinajstić information content (AvgIpc) is 3.45. The lowest BCUT2D eigenvalue weighted by Crippen LogP contribution is -2.70. The van der Waals surface area contributed by atoms with Crippen LogP contribution in [0.4, 0.5) is 5.69 Å². The van der Waals surface area contributed by atoms with E-state index < -0.39 is 15.8 Å². The molecule has 9 atom stereocenters. The highest BCUT2D eigenvalue weighted by Crippen LogP contribution is 2.76. The molecule has 0 bridgehead atoms. The van der Waals surface area contributed by atoms with E-state index in [1.54, 1.807) is 12.3 Å². The largest absolute Gasteiger partial charge is 0.477 e. The summed E-state index contributed by atoms with van der Waals surface area (Å²) in [7, 11) is -2.83. The molecule has 0 amide bonds. The SMILES string of the molecule is C=C(C)[C@@H]1CC[C@]2(CNCCCN3CCS(=O)(=O)CC3)CC[C@]3(C)[C@H](CC[C@@H]4[C@@]5(C)CCN(c6ccc(C(=O)O)nc6)C(C)(C)[C@@H]5CC[C@]43C)[C@@H]12. The van der Waals surface area contributed by atoms with Gasteiger partial charge in [0.1, 0.15) is 5.69 Å². The highest BCUT2D eigenvalue weighted by molar-refractivity contribution is 7.91. The van der Waals surface area contributed by atoms with Crippen LogP contribution in [0.15, 0.2) is 30.5 Å². The van der Waals surface area contributed by atoms with E-state index in [1.807, 2.05) is 6.07 Å². The monoisotopic (exact) mass is 722 g/mol. The molecular weight excluding hydrogens is 657 g/mol. The van der Waals surface area contributed by atoms with Crippen molar-refractivity contribution >= 4 is 21.5 Å². The third kappa shape index (κ3) is 6.02. The Hall–Kier alpha value is -1.97. The number of allylic oxidation sites excluding steroid dienone is 1. The van der Waals surface area contributed by atoms with E-state index in [2.05, 4.69) is 68.2 Å². The lowest BCUT2D eigenvalue weighted by atomic mass is 9.33. The Labute approximate surface area is 308 Å². The van der Waals surface area contributed by atoms with E-state index in [9.17, 15) is 18.3 Å². The number of anilines is 1. The number of sulfone groups is 1. The molecule has 1 aromatic rings. The van der Waals surface area contributed by atoms with Crippen molar-refractivity contribution in [3.05, 3.63) is 36.2 Å². The summed E-state index contributed by atoms with van der Waals surface area (Å²) < 4.78 is 23.7. The minimum absolute atomic E-state index is 0.0475.